The molecule has 162 valence electrons. The van der Waals surface area contributed by atoms with Gasteiger partial charge in [0.2, 0.25) is 0 Å². The molecule has 3 aromatic carbocycles. The number of thioether (sulfide) groups is 1. The summed E-state index contributed by atoms with van der Waals surface area (Å²) in [4.78, 5) is 29.7. The third kappa shape index (κ3) is 3.13. The Kier molecular flexibility index (Phi) is 5.05. The van der Waals surface area contributed by atoms with Crippen molar-refractivity contribution in [1.82, 2.24) is 4.90 Å². The number of rotatable bonds is 3. The fraction of sp³-hybridized carbons (Fsp3) is 0.231. The number of hydrogen-bond donors (Lipinski definition) is 0. The monoisotopic (exact) mass is 446 g/mol. The molecule has 32 heavy (non-hydrogen) atoms. The molecule has 0 aromatic heterocycles. The first-order chi connectivity index (χ1) is 15.4. The van der Waals surface area contributed by atoms with Crippen LogP contribution in [0.4, 0.5) is 10.1 Å². The zero-order chi connectivity index (χ0) is 22.5. The summed E-state index contributed by atoms with van der Waals surface area (Å²) in [7, 11) is 0. The Labute approximate surface area is 191 Å². The predicted octanol–water partition coefficient (Wildman–Crippen LogP) is 5.03. The van der Waals surface area contributed by atoms with Crippen LogP contribution in [0.3, 0.4) is 0 Å². The van der Waals surface area contributed by atoms with Crippen LogP contribution in [0.25, 0.3) is 0 Å². The molecule has 0 aliphatic carbocycles. The van der Waals surface area contributed by atoms with E-state index < -0.39 is 10.7 Å². The summed E-state index contributed by atoms with van der Waals surface area (Å²) in [5.74, 6) is -0.196. The predicted molar refractivity (Wildman–Crippen MR) is 125 cm³/mol. The molecule has 0 unspecified atom stereocenters. The first kappa shape index (κ1) is 20.8. The van der Waals surface area contributed by atoms with E-state index in [0.29, 0.717) is 35.7 Å². The van der Waals surface area contributed by atoms with Crippen LogP contribution in [-0.4, -0.2) is 29.0 Å². The number of carbonyl (C=O) groups is 2. The van der Waals surface area contributed by atoms with E-state index in [0.717, 1.165) is 16.7 Å². The van der Waals surface area contributed by atoms with Crippen molar-refractivity contribution in [1.29, 1.82) is 0 Å². The van der Waals surface area contributed by atoms with Crippen molar-refractivity contribution in [3.63, 3.8) is 0 Å². The molecule has 3 aromatic rings. The Morgan fingerprint density at radius 1 is 1.06 bits per heavy atom. The molecular weight excluding hydrogens is 423 g/mol. The lowest BCUT2D eigenvalue weighted by Gasteiger charge is -2.33. The summed E-state index contributed by atoms with van der Waals surface area (Å²) in [6, 6.07) is 19.8. The Bertz CT molecular complexity index is 1230. The highest BCUT2D eigenvalue weighted by atomic mass is 32.2. The minimum Gasteiger partial charge on any atom is -0.311 e. The highest BCUT2D eigenvalue weighted by Crippen LogP contribution is 2.55. The van der Waals surface area contributed by atoms with Gasteiger partial charge in [0.15, 0.2) is 4.87 Å². The second-order valence-corrected chi connectivity index (χ2v) is 9.59. The number of nitrogens with zero attached hydrogens (tertiary/aromatic N) is 2. The maximum atomic E-state index is 14.4. The first-order valence-corrected chi connectivity index (χ1v) is 11.6. The van der Waals surface area contributed by atoms with Gasteiger partial charge in [-0.2, -0.15) is 0 Å². The maximum absolute atomic E-state index is 14.4. The summed E-state index contributed by atoms with van der Waals surface area (Å²) in [6.07, 6.45) is 0. The van der Waals surface area contributed by atoms with Crippen LogP contribution in [0.1, 0.15) is 32.6 Å². The van der Waals surface area contributed by atoms with Gasteiger partial charge in [-0.05, 0) is 49.2 Å². The van der Waals surface area contributed by atoms with Crippen LogP contribution < -0.4 is 4.90 Å². The number of fused-ring (bicyclic) bond motifs is 2. The van der Waals surface area contributed by atoms with Gasteiger partial charge in [-0.1, -0.05) is 48.0 Å². The topological polar surface area (TPSA) is 40.6 Å². The van der Waals surface area contributed by atoms with Gasteiger partial charge in [0.05, 0.1) is 12.2 Å². The molecule has 1 spiro atoms. The normalized spacial score (nSPS) is 19.7. The van der Waals surface area contributed by atoms with Crippen molar-refractivity contribution in [3.05, 3.63) is 100 Å². The Balaban J connectivity index is 1.60. The van der Waals surface area contributed by atoms with Gasteiger partial charge < -0.3 is 9.80 Å². The lowest BCUT2D eigenvalue weighted by molar-refractivity contribution is -0.123. The molecule has 5 rings (SSSR count). The van der Waals surface area contributed by atoms with Crippen molar-refractivity contribution >= 4 is 29.3 Å². The SMILES string of the molecule is Cc1ccc(CN2C(=O)[C@]3(SCCN3C(=O)c3ccccc3C)c3cc(F)ccc32)cc1. The molecule has 0 radical (unpaired) electrons. The second kappa shape index (κ2) is 7.78. The van der Waals surface area contributed by atoms with Gasteiger partial charge in [0.25, 0.3) is 11.8 Å². The minimum atomic E-state index is -1.25. The highest BCUT2D eigenvalue weighted by molar-refractivity contribution is 8.01. The summed E-state index contributed by atoms with van der Waals surface area (Å²) in [5.41, 5.74) is 4.76. The molecule has 2 aliphatic heterocycles. The van der Waals surface area contributed by atoms with Crippen molar-refractivity contribution < 1.29 is 14.0 Å². The number of halogens is 1. The molecule has 2 aliphatic rings. The molecule has 0 saturated carbocycles. The summed E-state index contributed by atoms with van der Waals surface area (Å²) in [6.45, 7) is 4.70. The smallest absolute Gasteiger partial charge is 0.268 e. The fourth-order valence-electron chi connectivity index (χ4n) is 4.58. The summed E-state index contributed by atoms with van der Waals surface area (Å²) < 4.78 is 14.4. The number of aryl methyl sites for hydroxylation is 2. The third-order valence-electron chi connectivity index (χ3n) is 6.24. The van der Waals surface area contributed by atoms with Gasteiger partial charge in [-0.15, -0.1) is 11.8 Å². The molecule has 4 nitrogen and oxygen atoms in total. The average molecular weight is 447 g/mol. The van der Waals surface area contributed by atoms with E-state index in [2.05, 4.69) is 0 Å². The fourth-order valence-corrected chi connectivity index (χ4v) is 6.03. The third-order valence-corrected chi connectivity index (χ3v) is 7.66. The van der Waals surface area contributed by atoms with Gasteiger partial charge in [0.1, 0.15) is 5.82 Å². The summed E-state index contributed by atoms with van der Waals surface area (Å²) in [5, 5.41) is 0. The quantitative estimate of drug-likeness (QED) is 0.567. The van der Waals surface area contributed by atoms with Crippen LogP contribution in [0, 0.1) is 19.7 Å². The van der Waals surface area contributed by atoms with E-state index in [9.17, 15) is 14.0 Å². The molecule has 1 saturated heterocycles. The molecule has 0 bridgehead atoms. The van der Waals surface area contributed by atoms with E-state index in [1.807, 2.05) is 56.3 Å². The van der Waals surface area contributed by atoms with E-state index in [4.69, 9.17) is 0 Å². The van der Waals surface area contributed by atoms with E-state index >= 15 is 0 Å². The van der Waals surface area contributed by atoms with Crippen molar-refractivity contribution in [2.24, 2.45) is 0 Å². The number of carbonyl (C=O) groups excluding carboxylic acids is 2. The molecule has 1 atom stereocenters. The average Bonchev–Trinajstić information content (AvgIpc) is 3.32. The second-order valence-electron chi connectivity index (χ2n) is 8.30. The maximum Gasteiger partial charge on any atom is 0.268 e. The standard InChI is InChI=1S/C26H23FN2O2S/c1-17-7-9-19(10-8-17)16-28-23-12-11-20(27)15-22(23)26(25(28)31)29(13-14-32-26)24(30)21-6-4-3-5-18(21)2/h3-12,15H,13-14,16H2,1-2H3/t26-/m1/s1. The van der Waals surface area contributed by atoms with Crippen LogP contribution in [0.5, 0.6) is 0 Å². The summed E-state index contributed by atoms with van der Waals surface area (Å²) >= 11 is 1.41. The van der Waals surface area contributed by atoms with Gasteiger partial charge in [0, 0.05) is 23.4 Å². The molecule has 0 N–H and O–H groups in total. The van der Waals surface area contributed by atoms with Crippen LogP contribution in [-0.2, 0) is 16.2 Å². The zero-order valence-corrected chi connectivity index (χ0v) is 18.8. The van der Waals surface area contributed by atoms with Crippen LogP contribution in [0.15, 0.2) is 66.7 Å². The van der Waals surface area contributed by atoms with Crippen LogP contribution >= 0.6 is 11.8 Å². The molecular formula is C26H23FN2O2S. The Hall–Kier alpha value is -3.12. The highest BCUT2D eigenvalue weighted by Gasteiger charge is 2.59. The lowest BCUT2D eigenvalue weighted by Crippen LogP contribution is -2.50. The van der Waals surface area contributed by atoms with E-state index in [-0.39, 0.29) is 11.8 Å². The Morgan fingerprint density at radius 3 is 2.56 bits per heavy atom. The molecule has 2 amide bonds. The lowest BCUT2D eigenvalue weighted by atomic mass is 10.0. The molecule has 2 heterocycles. The number of benzene rings is 3. The van der Waals surface area contributed by atoms with E-state index in [1.54, 1.807) is 21.9 Å². The molecule has 6 heteroatoms. The largest absolute Gasteiger partial charge is 0.311 e. The van der Waals surface area contributed by atoms with Gasteiger partial charge in [-0.25, -0.2) is 4.39 Å². The van der Waals surface area contributed by atoms with Crippen molar-refractivity contribution in [2.45, 2.75) is 25.3 Å². The molecule has 1 fully saturated rings. The first-order valence-electron chi connectivity index (χ1n) is 10.6. The number of amides is 2. The van der Waals surface area contributed by atoms with Crippen LogP contribution in [0.2, 0.25) is 0 Å². The van der Waals surface area contributed by atoms with Crippen molar-refractivity contribution in [2.75, 3.05) is 17.2 Å². The Morgan fingerprint density at radius 2 is 1.81 bits per heavy atom. The number of anilines is 1. The minimum absolute atomic E-state index is 0.192. The van der Waals surface area contributed by atoms with Gasteiger partial charge >= 0.3 is 0 Å². The van der Waals surface area contributed by atoms with Crippen molar-refractivity contribution in [3.8, 4) is 0 Å². The van der Waals surface area contributed by atoms with Gasteiger partial charge in [-0.3, -0.25) is 9.59 Å². The number of hydrogen-bond acceptors (Lipinski definition) is 3. The van der Waals surface area contributed by atoms with E-state index in [1.165, 1.54) is 23.9 Å². The zero-order valence-electron chi connectivity index (χ0n) is 18.0.